The van der Waals surface area contributed by atoms with Gasteiger partial charge in [-0.25, -0.2) is 0 Å². The van der Waals surface area contributed by atoms with Crippen molar-refractivity contribution >= 4 is 53.3 Å². The number of amides is 4. The molecule has 0 rings (SSSR count). The molecular formula is C103H178N4O16. The minimum absolute atomic E-state index is 0.00142. The molecule has 706 valence electrons. The lowest BCUT2D eigenvalue weighted by atomic mass is 9.94. The van der Waals surface area contributed by atoms with Crippen LogP contribution in [0.1, 0.15) is 394 Å². The summed E-state index contributed by atoms with van der Waals surface area (Å²) in [6.07, 6.45) is 85.3. The fourth-order valence-corrected chi connectivity index (χ4v) is 13.7. The monoisotopic (exact) mass is 1730 g/mol. The molecule has 0 saturated carbocycles. The molecule has 0 aromatic rings. The highest BCUT2D eigenvalue weighted by Crippen LogP contribution is 2.19. The second kappa shape index (κ2) is 94.4. The van der Waals surface area contributed by atoms with Crippen LogP contribution in [0.15, 0.2) is 97.2 Å². The summed E-state index contributed by atoms with van der Waals surface area (Å²) in [6, 6.07) is 0. The smallest absolute Gasteiger partial charge is 0.305 e. The maximum atomic E-state index is 14.0. The summed E-state index contributed by atoms with van der Waals surface area (Å²) in [4.78, 5) is 123. The molecule has 20 heteroatoms. The van der Waals surface area contributed by atoms with Gasteiger partial charge in [0.2, 0.25) is 23.6 Å². The second-order valence-corrected chi connectivity index (χ2v) is 32.7. The van der Waals surface area contributed by atoms with Gasteiger partial charge in [-0.1, -0.05) is 253 Å². The van der Waals surface area contributed by atoms with E-state index in [4.69, 9.17) is 33.2 Å². The Bertz CT molecular complexity index is 2670. The topological polar surface area (TPSA) is 249 Å². The average molecular weight is 1730 g/mol. The van der Waals surface area contributed by atoms with Crippen LogP contribution in [0.4, 0.5) is 0 Å². The zero-order valence-corrected chi connectivity index (χ0v) is 78.7. The molecule has 0 bridgehead atoms. The van der Waals surface area contributed by atoms with Crippen molar-refractivity contribution in [2.24, 2.45) is 5.92 Å². The number of hydrogen-bond acceptors (Lipinski definition) is 16. The number of rotatable bonds is 92. The summed E-state index contributed by atoms with van der Waals surface area (Å²) in [6.45, 7) is 11.6. The predicted octanol–water partition coefficient (Wildman–Crippen LogP) is 23.7. The molecule has 123 heavy (non-hydrogen) atoms. The number of Topliss-reactive ketones (excluding diaryl/α,β-unsaturated/α-hetero) is 1. The van der Waals surface area contributed by atoms with Crippen LogP contribution in [0.5, 0.6) is 0 Å². The van der Waals surface area contributed by atoms with E-state index < -0.39 is 5.92 Å². The van der Waals surface area contributed by atoms with Crippen LogP contribution in [0.25, 0.3) is 0 Å². The molecule has 1 atom stereocenters. The van der Waals surface area contributed by atoms with E-state index in [1.54, 1.807) is 7.11 Å². The zero-order chi connectivity index (χ0) is 89.5. The highest BCUT2D eigenvalue weighted by molar-refractivity contribution is 5.87. The number of carbonyl (C=O) groups is 9. The van der Waals surface area contributed by atoms with Crippen molar-refractivity contribution in [3.05, 3.63) is 97.2 Å². The summed E-state index contributed by atoms with van der Waals surface area (Å²) >= 11 is 0. The van der Waals surface area contributed by atoms with Crippen molar-refractivity contribution in [2.45, 2.75) is 394 Å². The normalized spacial score (nSPS) is 12.1. The van der Waals surface area contributed by atoms with Gasteiger partial charge in [0.1, 0.15) is 32.2 Å². The molecule has 2 N–H and O–H groups in total. The first-order valence-corrected chi connectivity index (χ1v) is 49.4. The fourth-order valence-electron chi connectivity index (χ4n) is 13.7. The molecule has 0 unspecified atom stereocenters. The van der Waals surface area contributed by atoms with Gasteiger partial charge in [0, 0.05) is 90.5 Å². The summed E-state index contributed by atoms with van der Waals surface area (Å²) in [7, 11) is 1.61. The van der Waals surface area contributed by atoms with Gasteiger partial charge in [-0.3, -0.25) is 43.2 Å². The quantitative estimate of drug-likeness (QED) is 0.0249. The number of ether oxygens (including phenoxy) is 7. The molecule has 0 fully saturated rings. The van der Waals surface area contributed by atoms with Crippen molar-refractivity contribution in [2.75, 3.05) is 106 Å². The molecule has 0 radical (unpaired) electrons. The standard InChI is InChI=1S/C103H178N4O16/c1-6-10-14-18-22-26-30-34-38-42-46-50-54-58-62-72-99(112)120-85-80-106(81-86-121-100(113)73-63-59-55-51-47-43-39-35-31-27-23-19-15-11-7-2)97(110)71-66-70-95(108)93-94(103(116)105-79-68-84-118-91-92-119-90-89-117-5)69-67-78-104-96(109)76-77-98(111)107(82-87-122-101(114)74-64-60-56-52-48-44-40-36-32-28-24-20-16-12-8-3)83-88-123-102(115)75-65-61-57-53-49-45-41-37-33-29-25-21-17-13-9-4/h22-29,34-41,94H,6-21,30-33,42-93H2,1-5H3,(H,104,109)(H,105,116)/b26-22-,27-23-,28-24-,29-25-,38-34-,39-35-,40-36-,41-37-/t94-/m1/s1. The van der Waals surface area contributed by atoms with Crippen LogP contribution in [-0.4, -0.2) is 169 Å². The summed E-state index contributed by atoms with van der Waals surface area (Å²) < 4.78 is 38.6. The van der Waals surface area contributed by atoms with Gasteiger partial charge in [-0.15, -0.1) is 0 Å². The highest BCUT2D eigenvalue weighted by atomic mass is 16.6. The lowest BCUT2D eigenvalue weighted by Gasteiger charge is -2.23. The van der Waals surface area contributed by atoms with Crippen molar-refractivity contribution in [1.82, 2.24) is 20.4 Å². The molecule has 20 nitrogen and oxygen atoms in total. The molecule has 0 spiro atoms. The summed E-state index contributed by atoms with van der Waals surface area (Å²) in [5, 5.41) is 5.84. The molecule has 0 aromatic carbocycles. The molecule has 0 aliphatic rings. The second-order valence-electron chi connectivity index (χ2n) is 32.7. The Hall–Kier alpha value is -6.77. The number of ketones is 1. The van der Waals surface area contributed by atoms with Gasteiger partial charge in [-0.05, 0) is 180 Å². The maximum absolute atomic E-state index is 14.0. The number of nitrogens with one attached hydrogen (secondary N) is 2. The molecule has 4 amide bonds. The largest absolute Gasteiger partial charge is 0.464 e. The van der Waals surface area contributed by atoms with Crippen LogP contribution >= 0.6 is 0 Å². The third-order valence-electron chi connectivity index (χ3n) is 21.4. The van der Waals surface area contributed by atoms with E-state index in [2.05, 4.69) is 136 Å². The van der Waals surface area contributed by atoms with Crippen molar-refractivity contribution in [3.63, 3.8) is 0 Å². The average Bonchev–Trinajstić information content (AvgIpc) is 0.921. The molecule has 0 aromatic heterocycles. The molecule has 0 heterocycles. The lowest BCUT2D eigenvalue weighted by molar-refractivity contribution is -0.148. The Morgan fingerprint density at radius 2 is 0.577 bits per heavy atom. The van der Waals surface area contributed by atoms with Gasteiger partial charge >= 0.3 is 23.9 Å². The predicted molar refractivity (Wildman–Crippen MR) is 504 cm³/mol. The highest BCUT2D eigenvalue weighted by Gasteiger charge is 2.24. The Kier molecular flexibility index (Phi) is 89.2. The Morgan fingerprint density at radius 3 is 0.919 bits per heavy atom. The van der Waals surface area contributed by atoms with Gasteiger partial charge < -0.3 is 53.6 Å². The SMILES string of the molecule is CCCCC/C=C\C/C=C\CCCCCCCC(=O)OCCN(CCOC(=O)CCCCCCC/C=C\C/C=C\CCCCC)C(=O)CCCC(=O)C[C@@H](CCCNC(=O)CCC(=O)N(CCOC(=O)CCCCCCC/C=C\C/C=C\CCCCC)CCOC(=O)CCCCCCC/C=C\C/C=C\CCCCC)C(=O)NCCCOCCOCCOC. The van der Waals surface area contributed by atoms with Crippen molar-refractivity contribution < 1.29 is 76.3 Å². The Labute approximate surface area is 748 Å². The van der Waals surface area contributed by atoms with E-state index in [-0.39, 0.29) is 183 Å². The van der Waals surface area contributed by atoms with E-state index in [9.17, 15) is 43.2 Å². The zero-order valence-electron chi connectivity index (χ0n) is 78.7. The minimum Gasteiger partial charge on any atom is -0.464 e. The first-order valence-electron chi connectivity index (χ1n) is 49.4. The summed E-state index contributed by atoms with van der Waals surface area (Å²) in [5.41, 5.74) is 0. The van der Waals surface area contributed by atoms with Crippen LogP contribution in [0, 0.1) is 5.92 Å². The first-order chi connectivity index (χ1) is 60.3. The number of methoxy groups -OCH3 is 1. The van der Waals surface area contributed by atoms with Gasteiger partial charge in [0.05, 0.1) is 52.6 Å². The number of allylic oxidation sites excluding steroid dienone is 16. The molecule has 0 aliphatic carbocycles. The van der Waals surface area contributed by atoms with E-state index in [0.717, 1.165) is 180 Å². The molecular weight excluding hydrogens is 1550 g/mol. The van der Waals surface area contributed by atoms with Gasteiger partial charge in [0.15, 0.2) is 0 Å². The van der Waals surface area contributed by atoms with Gasteiger partial charge in [-0.2, -0.15) is 0 Å². The van der Waals surface area contributed by atoms with E-state index in [1.165, 1.54) is 86.8 Å². The van der Waals surface area contributed by atoms with E-state index in [1.807, 2.05) is 0 Å². The van der Waals surface area contributed by atoms with Crippen molar-refractivity contribution in [3.8, 4) is 0 Å². The number of hydrogen-bond donors (Lipinski definition) is 2. The fraction of sp³-hybridized carbons (Fsp3) is 0.757. The molecule has 0 saturated heterocycles. The number of carbonyl (C=O) groups excluding carboxylic acids is 9. The van der Waals surface area contributed by atoms with Crippen molar-refractivity contribution in [1.29, 1.82) is 0 Å². The first kappa shape index (κ1) is 116. The number of nitrogens with zero attached hydrogens (tertiary/aromatic N) is 2. The minimum atomic E-state index is -0.741. The van der Waals surface area contributed by atoms with E-state index in [0.29, 0.717) is 78.1 Å². The van der Waals surface area contributed by atoms with Crippen LogP contribution in [-0.2, 0) is 76.3 Å². The third kappa shape index (κ3) is 85.8. The van der Waals surface area contributed by atoms with E-state index >= 15 is 0 Å². The van der Waals surface area contributed by atoms with Crippen LogP contribution in [0.2, 0.25) is 0 Å². The van der Waals surface area contributed by atoms with Crippen LogP contribution < -0.4 is 10.6 Å². The maximum Gasteiger partial charge on any atom is 0.305 e. The number of esters is 4. The molecule has 0 aliphatic heterocycles. The Morgan fingerprint density at radius 1 is 0.276 bits per heavy atom. The number of unbranched alkanes of at least 4 members (excludes halogenated alkanes) is 32. The Balaban J connectivity index is 5.85. The van der Waals surface area contributed by atoms with Gasteiger partial charge in [0.25, 0.3) is 0 Å². The summed E-state index contributed by atoms with van der Waals surface area (Å²) in [5.74, 6) is -3.63. The third-order valence-corrected chi connectivity index (χ3v) is 21.4. The van der Waals surface area contributed by atoms with Crippen LogP contribution in [0.3, 0.4) is 0 Å². The lowest BCUT2D eigenvalue weighted by Crippen LogP contribution is -2.38.